The third-order valence-corrected chi connectivity index (χ3v) is 5.21. The predicted octanol–water partition coefficient (Wildman–Crippen LogP) is 2.58. The topological polar surface area (TPSA) is 55.2 Å². The maximum atomic E-state index is 12.6. The van der Waals surface area contributed by atoms with Crippen LogP contribution in [0.1, 0.15) is 52.3 Å². The van der Waals surface area contributed by atoms with Crippen molar-refractivity contribution in [3.63, 3.8) is 0 Å². The normalized spacial score (nSPS) is 12.6. The van der Waals surface area contributed by atoms with E-state index in [2.05, 4.69) is 12.0 Å². The predicted molar refractivity (Wildman–Crippen MR) is 76.7 cm³/mol. The fourth-order valence-electron chi connectivity index (χ4n) is 1.90. The van der Waals surface area contributed by atoms with Crippen molar-refractivity contribution in [2.75, 3.05) is 13.1 Å². The van der Waals surface area contributed by atoms with Crippen molar-refractivity contribution in [3.8, 4) is 0 Å². The fourth-order valence-corrected chi connectivity index (χ4v) is 3.55. The molecule has 0 atom stereocenters. The Balaban J connectivity index is 3.11. The zero-order valence-electron chi connectivity index (χ0n) is 12.5. The SMILES string of the molecule is CCCCN(CC)S(=O)(=O)c1cn(C(C)C)nc1C. The van der Waals surface area contributed by atoms with Gasteiger partial charge in [0.05, 0.1) is 5.69 Å². The van der Waals surface area contributed by atoms with Crippen molar-refractivity contribution in [3.05, 3.63) is 11.9 Å². The lowest BCUT2D eigenvalue weighted by atomic mass is 10.3. The molecule has 0 radical (unpaired) electrons. The van der Waals surface area contributed by atoms with Crippen LogP contribution in [0.25, 0.3) is 0 Å². The van der Waals surface area contributed by atoms with Crippen molar-refractivity contribution in [1.82, 2.24) is 14.1 Å². The molecule has 6 heteroatoms. The summed E-state index contributed by atoms with van der Waals surface area (Å²) in [5, 5.41) is 4.28. The molecule has 1 aromatic heterocycles. The van der Waals surface area contributed by atoms with E-state index in [1.807, 2.05) is 20.8 Å². The summed E-state index contributed by atoms with van der Waals surface area (Å²) in [6.07, 6.45) is 3.50. The third-order valence-electron chi connectivity index (χ3n) is 3.13. The van der Waals surface area contributed by atoms with E-state index < -0.39 is 10.0 Å². The molecule has 0 N–H and O–H groups in total. The minimum atomic E-state index is -3.42. The lowest BCUT2D eigenvalue weighted by molar-refractivity contribution is 0.418. The van der Waals surface area contributed by atoms with Gasteiger partial charge in [-0.15, -0.1) is 0 Å². The first-order chi connectivity index (χ1) is 8.84. The van der Waals surface area contributed by atoms with Crippen LogP contribution in [0.5, 0.6) is 0 Å². The highest BCUT2D eigenvalue weighted by atomic mass is 32.2. The molecule has 0 aliphatic carbocycles. The van der Waals surface area contributed by atoms with Crippen LogP contribution in [0.2, 0.25) is 0 Å². The van der Waals surface area contributed by atoms with Gasteiger partial charge in [0.1, 0.15) is 4.90 Å². The average Bonchev–Trinajstić information content (AvgIpc) is 2.73. The van der Waals surface area contributed by atoms with E-state index in [0.29, 0.717) is 23.7 Å². The van der Waals surface area contributed by atoms with Gasteiger partial charge in [-0.3, -0.25) is 4.68 Å². The second kappa shape index (κ2) is 6.52. The van der Waals surface area contributed by atoms with E-state index in [-0.39, 0.29) is 6.04 Å². The Labute approximate surface area is 116 Å². The molecule has 0 aliphatic heterocycles. The molecule has 1 rings (SSSR count). The maximum Gasteiger partial charge on any atom is 0.246 e. The fraction of sp³-hybridized carbons (Fsp3) is 0.769. The minimum absolute atomic E-state index is 0.161. The second-order valence-electron chi connectivity index (χ2n) is 5.00. The van der Waals surface area contributed by atoms with E-state index in [9.17, 15) is 8.42 Å². The highest BCUT2D eigenvalue weighted by Crippen LogP contribution is 2.20. The van der Waals surface area contributed by atoms with Crippen LogP contribution in [-0.4, -0.2) is 35.6 Å². The number of unbranched alkanes of at least 4 members (excludes halogenated alkanes) is 1. The van der Waals surface area contributed by atoms with E-state index >= 15 is 0 Å². The van der Waals surface area contributed by atoms with Gasteiger partial charge in [0.25, 0.3) is 0 Å². The lowest BCUT2D eigenvalue weighted by Gasteiger charge is -2.19. The van der Waals surface area contributed by atoms with Crippen LogP contribution in [0.3, 0.4) is 0 Å². The lowest BCUT2D eigenvalue weighted by Crippen LogP contribution is -2.32. The molecular weight excluding hydrogens is 262 g/mol. The highest BCUT2D eigenvalue weighted by Gasteiger charge is 2.27. The Morgan fingerprint density at radius 1 is 1.37 bits per heavy atom. The van der Waals surface area contributed by atoms with Gasteiger partial charge in [-0.05, 0) is 27.2 Å². The minimum Gasteiger partial charge on any atom is -0.269 e. The molecule has 0 amide bonds. The maximum absolute atomic E-state index is 12.6. The van der Waals surface area contributed by atoms with Crippen molar-refractivity contribution < 1.29 is 8.42 Å². The molecule has 0 saturated heterocycles. The molecule has 0 fully saturated rings. The summed E-state index contributed by atoms with van der Waals surface area (Å²) in [5.74, 6) is 0. The largest absolute Gasteiger partial charge is 0.269 e. The molecule has 0 aliphatic rings. The molecule has 0 aromatic carbocycles. The first kappa shape index (κ1) is 16.2. The molecular formula is C13H25N3O2S. The molecule has 110 valence electrons. The van der Waals surface area contributed by atoms with Gasteiger partial charge in [-0.2, -0.15) is 9.40 Å². The van der Waals surface area contributed by atoms with E-state index in [4.69, 9.17) is 0 Å². The average molecular weight is 287 g/mol. The third kappa shape index (κ3) is 3.57. The summed E-state index contributed by atoms with van der Waals surface area (Å²) >= 11 is 0. The molecule has 0 unspecified atom stereocenters. The standard InChI is InChI=1S/C13H25N3O2S/c1-6-8-9-15(7-2)19(17,18)13-10-16(11(3)4)14-12(13)5/h10-11H,6-9H2,1-5H3. The summed E-state index contributed by atoms with van der Waals surface area (Å²) in [6, 6.07) is 0.161. The molecule has 1 heterocycles. The smallest absolute Gasteiger partial charge is 0.246 e. The van der Waals surface area contributed by atoms with E-state index in [1.54, 1.807) is 17.8 Å². The first-order valence-electron chi connectivity index (χ1n) is 6.90. The van der Waals surface area contributed by atoms with Crippen LogP contribution < -0.4 is 0 Å². The Morgan fingerprint density at radius 3 is 2.42 bits per heavy atom. The number of sulfonamides is 1. The van der Waals surface area contributed by atoms with Gasteiger partial charge in [0.15, 0.2) is 0 Å². The van der Waals surface area contributed by atoms with E-state index in [0.717, 1.165) is 12.8 Å². The number of aromatic nitrogens is 2. The Kier molecular flexibility index (Phi) is 5.55. The second-order valence-corrected chi connectivity index (χ2v) is 6.91. The number of aryl methyl sites for hydroxylation is 1. The highest BCUT2D eigenvalue weighted by molar-refractivity contribution is 7.89. The Hall–Kier alpha value is -0.880. The van der Waals surface area contributed by atoms with Crippen molar-refractivity contribution in [2.24, 2.45) is 0 Å². The zero-order valence-corrected chi connectivity index (χ0v) is 13.4. The number of nitrogens with zero attached hydrogens (tertiary/aromatic N) is 3. The first-order valence-corrected chi connectivity index (χ1v) is 8.34. The molecule has 5 nitrogen and oxygen atoms in total. The Morgan fingerprint density at radius 2 is 2.00 bits per heavy atom. The molecule has 19 heavy (non-hydrogen) atoms. The van der Waals surface area contributed by atoms with Gasteiger partial charge in [-0.25, -0.2) is 8.42 Å². The quantitative estimate of drug-likeness (QED) is 0.774. The van der Waals surface area contributed by atoms with Crippen LogP contribution in [0.4, 0.5) is 0 Å². The Bertz CT molecular complexity index is 506. The summed E-state index contributed by atoms with van der Waals surface area (Å²) in [6.45, 7) is 10.7. The van der Waals surface area contributed by atoms with Crippen molar-refractivity contribution >= 4 is 10.0 Å². The van der Waals surface area contributed by atoms with Crippen LogP contribution in [-0.2, 0) is 10.0 Å². The van der Waals surface area contributed by atoms with Crippen molar-refractivity contribution in [1.29, 1.82) is 0 Å². The van der Waals surface area contributed by atoms with Crippen molar-refractivity contribution in [2.45, 2.75) is 58.4 Å². The van der Waals surface area contributed by atoms with Gasteiger partial charge in [0.2, 0.25) is 10.0 Å². The monoisotopic (exact) mass is 287 g/mol. The van der Waals surface area contributed by atoms with Crippen LogP contribution >= 0.6 is 0 Å². The van der Waals surface area contributed by atoms with Gasteiger partial charge in [-0.1, -0.05) is 20.3 Å². The van der Waals surface area contributed by atoms with Gasteiger partial charge in [0, 0.05) is 25.3 Å². The number of hydrogen-bond donors (Lipinski definition) is 0. The molecule has 1 aromatic rings. The van der Waals surface area contributed by atoms with Crippen LogP contribution in [0, 0.1) is 6.92 Å². The number of hydrogen-bond acceptors (Lipinski definition) is 3. The van der Waals surface area contributed by atoms with E-state index in [1.165, 1.54) is 4.31 Å². The van der Waals surface area contributed by atoms with Crippen LogP contribution in [0.15, 0.2) is 11.1 Å². The summed E-state index contributed by atoms with van der Waals surface area (Å²) < 4.78 is 28.4. The summed E-state index contributed by atoms with van der Waals surface area (Å²) in [4.78, 5) is 0.333. The van der Waals surface area contributed by atoms with Gasteiger partial charge < -0.3 is 0 Å². The zero-order chi connectivity index (χ0) is 14.6. The molecule has 0 bridgehead atoms. The summed E-state index contributed by atoms with van der Waals surface area (Å²) in [7, 11) is -3.42. The molecule has 0 spiro atoms. The number of rotatable bonds is 7. The van der Waals surface area contributed by atoms with Gasteiger partial charge >= 0.3 is 0 Å². The summed E-state index contributed by atoms with van der Waals surface area (Å²) in [5.41, 5.74) is 0.573. The molecule has 0 saturated carbocycles.